The molecular formula is C20H23ClFN3O4S. The van der Waals surface area contributed by atoms with Gasteiger partial charge in [-0.1, -0.05) is 23.7 Å². The Bertz CT molecular complexity index is 998. The maximum atomic E-state index is 13.2. The second-order valence-electron chi connectivity index (χ2n) is 6.68. The molecule has 2 aromatic rings. The molecule has 0 aromatic heterocycles. The summed E-state index contributed by atoms with van der Waals surface area (Å²) < 4.78 is 38.8. The zero-order valence-electron chi connectivity index (χ0n) is 16.8. The number of nitrogens with zero attached hydrogens (tertiary/aromatic N) is 2. The first-order chi connectivity index (χ1) is 14.0. The van der Waals surface area contributed by atoms with E-state index in [-0.39, 0.29) is 12.2 Å². The number of hydrogen-bond donors (Lipinski definition) is 1. The Hall–Kier alpha value is -2.65. The van der Waals surface area contributed by atoms with Crippen LogP contribution in [0.4, 0.5) is 10.1 Å². The monoisotopic (exact) mass is 455 g/mol. The van der Waals surface area contributed by atoms with Gasteiger partial charge in [-0.05, 0) is 48.9 Å². The van der Waals surface area contributed by atoms with Gasteiger partial charge in [0.1, 0.15) is 18.4 Å². The summed E-state index contributed by atoms with van der Waals surface area (Å²) >= 11 is 5.87. The van der Waals surface area contributed by atoms with Crippen LogP contribution in [-0.2, 0) is 26.2 Å². The van der Waals surface area contributed by atoms with E-state index in [1.54, 1.807) is 0 Å². The van der Waals surface area contributed by atoms with Crippen molar-refractivity contribution in [3.63, 3.8) is 0 Å². The third kappa shape index (κ3) is 6.17. The lowest BCUT2D eigenvalue weighted by atomic mass is 10.1. The molecule has 0 spiro atoms. The maximum Gasteiger partial charge on any atom is 0.244 e. The molecule has 0 bridgehead atoms. The SMILES string of the molecule is CNC(=O)[C@H](C)N(Cc1ccc(F)cc1)C(=O)CN(c1ccc(Cl)cc1)S(C)(=O)=O. The van der Waals surface area contributed by atoms with E-state index < -0.39 is 40.2 Å². The molecular weight excluding hydrogens is 433 g/mol. The summed E-state index contributed by atoms with van der Waals surface area (Å²) in [6.07, 6.45) is 0.987. The first-order valence-electron chi connectivity index (χ1n) is 9.01. The van der Waals surface area contributed by atoms with E-state index in [2.05, 4.69) is 5.32 Å². The number of anilines is 1. The Labute approximate surface area is 180 Å². The van der Waals surface area contributed by atoms with Crippen molar-refractivity contribution in [1.29, 1.82) is 0 Å². The summed E-state index contributed by atoms with van der Waals surface area (Å²) in [6, 6.07) is 10.6. The van der Waals surface area contributed by atoms with Gasteiger partial charge in [0.25, 0.3) is 0 Å². The van der Waals surface area contributed by atoms with Gasteiger partial charge in [-0.2, -0.15) is 0 Å². The van der Waals surface area contributed by atoms with E-state index in [1.165, 1.54) is 67.4 Å². The molecule has 0 saturated heterocycles. The van der Waals surface area contributed by atoms with Crippen LogP contribution in [0.5, 0.6) is 0 Å². The average Bonchev–Trinajstić information content (AvgIpc) is 2.70. The Morgan fingerprint density at radius 2 is 1.67 bits per heavy atom. The van der Waals surface area contributed by atoms with E-state index in [9.17, 15) is 22.4 Å². The first kappa shape index (κ1) is 23.6. The van der Waals surface area contributed by atoms with Gasteiger partial charge in [0.2, 0.25) is 21.8 Å². The van der Waals surface area contributed by atoms with E-state index in [0.29, 0.717) is 10.6 Å². The molecule has 0 radical (unpaired) electrons. The van der Waals surface area contributed by atoms with Crippen LogP contribution in [0.3, 0.4) is 0 Å². The number of benzene rings is 2. The van der Waals surface area contributed by atoms with E-state index in [4.69, 9.17) is 11.6 Å². The molecule has 10 heteroatoms. The van der Waals surface area contributed by atoms with Crippen LogP contribution in [0.2, 0.25) is 5.02 Å². The van der Waals surface area contributed by atoms with Crippen LogP contribution in [0, 0.1) is 5.82 Å². The van der Waals surface area contributed by atoms with Crippen LogP contribution in [0.25, 0.3) is 0 Å². The van der Waals surface area contributed by atoms with Crippen molar-refractivity contribution in [2.75, 3.05) is 24.2 Å². The smallest absolute Gasteiger partial charge is 0.244 e. The van der Waals surface area contributed by atoms with Crippen molar-refractivity contribution >= 4 is 39.1 Å². The highest BCUT2D eigenvalue weighted by molar-refractivity contribution is 7.92. The van der Waals surface area contributed by atoms with E-state index in [1.807, 2.05) is 0 Å². The molecule has 162 valence electrons. The molecule has 1 atom stereocenters. The van der Waals surface area contributed by atoms with Crippen LogP contribution < -0.4 is 9.62 Å². The number of rotatable bonds is 8. The highest BCUT2D eigenvalue weighted by atomic mass is 35.5. The van der Waals surface area contributed by atoms with Gasteiger partial charge in [0.05, 0.1) is 11.9 Å². The Morgan fingerprint density at radius 3 is 2.17 bits per heavy atom. The van der Waals surface area contributed by atoms with Crippen LogP contribution in [0.15, 0.2) is 48.5 Å². The zero-order chi connectivity index (χ0) is 22.5. The molecule has 2 aromatic carbocycles. The largest absolute Gasteiger partial charge is 0.357 e. The van der Waals surface area contributed by atoms with Gasteiger partial charge in [-0.15, -0.1) is 0 Å². The number of carbonyl (C=O) groups excluding carboxylic acids is 2. The van der Waals surface area contributed by atoms with Gasteiger partial charge in [0.15, 0.2) is 0 Å². The number of amides is 2. The molecule has 30 heavy (non-hydrogen) atoms. The third-order valence-corrected chi connectivity index (χ3v) is 5.87. The minimum Gasteiger partial charge on any atom is -0.357 e. The second-order valence-corrected chi connectivity index (χ2v) is 9.03. The fourth-order valence-corrected chi connectivity index (χ4v) is 3.77. The minimum absolute atomic E-state index is 0.00587. The Morgan fingerprint density at radius 1 is 1.10 bits per heavy atom. The molecule has 2 rings (SSSR count). The predicted octanol–water partition coefficient (Wildman–Crippen LogP) is 2.41. The summed E-state index contributed by atoms with van der Waals surface area (Å²) in [5.41, 5.74) is 0.863. The van der Waals surface area contributed by atoms with Crippen LogP contribution >= 0.6 is 11.6 Å². The Balaban J connectivity index is 2.35. The van der Waals surface area contributed by atoms with Gasteiger partial charge >= 0.3 is 0 Å². The van der Waals surface area contributed by atoms with Crippen molar-refractivity contribution in [2.45, 2.75) is 19.5 Å². The number of sulfonamides is 1. The van der Waals surface area contributed by atoms with Gasteiger partial charge in [0, 0.05) is 18.6 Å². The molecule has 0 fully saturated rings. The standard InChI is InChI=1S/C20H23ClFN3O4S/c1-14(20(27)23-2)24(12-15-4-8-17(22)9-5-15)19(26)13-25(30(3,28)29)18-10-6-16(21)7-11-18/h4-11,14H,12-13H2,1-3H3,(H,23,27)/t14-/m0/s1. The minimum atomic E-state index is -3.80. The van der Waals surface area contributed by atoms with E-state index in [0.717, 1.165) is 10.6 Å². The quantitative estimate of drug-likeness (QED) is 0.662. The highest BCUT2D eigenvalue weighted by Gasteiger charge is 2.29. The first-order valence-corrected chi connectivity index (χ1v) is 11.2. The molecule has 2 amide bonds. The normalized spacial score (nSPS) is 12.2. The number of halogens is 2. The zero-order valence-corrected chi connectivity index (χ0v) is 18.4. The summed E-state index contributed by atoms with van der Waals surface area (Å²) in [5, 5.41) is 2.90. The highest BCUT2D eigenvalue weighted by Crippen LogP contribution is 2.21. The van der Waals surface area contributed by atoms with Crippen molar-refractivity contribution in [1.82, 2.24) is 10.2 Å². The second kappa shape index (κ2) is 9.90. The third-order valence-electron chi connectivity index (χ3n) is 4.47. The number of nitrogens with one attached hydrogen (secondary N) is 1. The molecule has 0 saturated carbocycles. The lowest BCUT2D eigenvalue weighted by molar-refractivity contribution is -0.139. The molecule has 7 nitrogen and oxygen atoms in total. The molecule has 0 aliphatic heterocycles. The number of hydrogen-bond acceptors (Lipinski definition) is 4. The average molecular weight is 456 g/mol. The summed E-state index contributed by atoms with van der Waals surface area (Å²) in [6.45, 7) is 1.03. The summed E-state index contributed by atoms with van der Waals surface area (Å²) in [4.78, 5) is 26.5. The fraction of sp³-hybridized carbons (Fsp3) is 0.300. The van der Waals surface area contributed by atoms with E-state index >= 15 is 0 Å². The topological polar surface area (TPSA) is 86.8 Å². The molecule has 0 aliphatic rings. The van der Waals surface area contributed by atoms with Crippen molar-refractivity contribution < 1.29 is 22.4 Å². The Kier molecular flexibility index (Phi) is 7.80. The lowest BCUT2D eigenvalue weighted by Crippen LogP contribution is -2.50. The van der Waals surface area contributed by atoms with Crippen molar-refractivity contribution in [3.05, 3.63) is 64.9 Å². The fourth-order valence-electron chi connectivity index (χ4n) is 2.80. The van der Waals surface area contributed by atoms with Gasteiger partial charge in [-0.25, -0.2) is 12.8 Å². The number of carbonyl (C=O) groups is 2. The van der Waals surface area contributed by atoms with Crippen LogP contribution in [0.1, 0.15) is 12.5 Å². The van der Waals surface area contributed by atoms with Gasteiger partial charge in [-0.3, -0.25) is 13.9 Å². The van der Waals surface area contributed by atoms with Crippen LogP contribution in [-0.4, -0.2) is 51.0 Å². The molecule has 1 N–H and O–H groups in total. The van der Waals surface area contributed by atoms with Crippen molar-refractivity contribution in [2.24, 2.45) is 0 Å². The summed E-state index contributed by atoms with van der Waals surface area (Å²) in [5.74, 6) is -1.43. The summed E-state index contributed by atoms with van der Waals surface area (Å²) in [7, 11) is -2.36. The molecule has 0 unspecified atom stereocenters. The predicted molar refractivity (Wildman–Crippen MR) is 114 cm³/mol. The van der Waals surface area contributed by atoms with Gasteiger partial charge < -0.3 is 10.2 Å². The number of likely N-dealkylation sites (N-methyl/N-ethyl adjacent to an activating group) is 1. The van der Waals surface area contributed by atoms with Crippen molar-refractivity contribution in [3.8, 4) is 0 Å². The molecule has 0 aliphatic carbocycles. The molecule has 0 heterocycles. The maximum absolute atomic E-state index is 13.2. The lowest BCUT2D eigenvalue weighted by Gasteiger charge is -2.31.